The molecule has 0 aliphatic heterocycles. The smallest absolute Gasteiger partial charge is 0.270 e. The zero-order chi connectivity index (χ0) is 16.4. The lowest BCUT2D eigenvalue weighted by Crippen LogP contribution is -1.90. The highest BCUT2D eigenvalue weighted by Gasteiger charge is 2.09. The number of benzene rings is 2. The van der Waals surface area contributed by atoms with E-state index in [-0.39, 0.29) is 17.0 Å². The first-order valence-corrected chi connectivity index (χ1v) is 7.34. The van der Waals surface area contributed by atoms with Crippen LogP contribution in [0.25, 0.3) is 10.2 Å². The van der Waals surface area contributed by atoms with Gasteiger partial charge in [0.1, 0.15) is 11.5 Å². The number of thiazole rings is 1. The van der Waals surface area contributed by atoms with E-state index in [0.29, 0.717) is 5.13 Å². The van der Waals surface area contributed by atoms with Crippen LogP contribution in [0.2, 0.25) is 0 Å². The lowest BCUT2D eigenvalue weighted by Gasteiger charge is -1.97. The maximum atomic E-state index is 10.8. The van der Waals surface area contributed by atoms with Crippen molar-refractivity contribution in [3.8, 4) is 11.5 Å². The molecule has 1 N–H and O–H groups in total. The predicted octanol–water partition coefficient (Wildman–Crippen LogP) is 3.67. The molecule has 1 heterocycles. The molecule has 0 fully saturated rings. The number of phenolic OH excluding ortho intramolecular Hbond substituents is 1. The molecule has 7 nitrogen and oxygen atoms in total. The number of aliphatic imine (C=N–C) groups is 1. The largest absolute Gasteiger partial charge is 0.507 e. The second kappa shape index (κ2) is 6.01. The van der Waals surface area contributed by atoms with Gasteiger partial charge in [-0.2, -0.15) is 0 Å². The first kappa shape index (κ1) is 14.9. The number of fused-ring (bicyclic) bond motifs is 1. The normalized spacial score (nSPS) is 11.2. The molecule has 3 rings (SSSR count). The van der Waals surface area contributed by atoms with Crippen LogP contribution in [-0.2, 0) is 0 Å². The van der Waals surface area contributed by atoms with Crippen molar-refractivity contribution in [2.75, 3.05) is 7.11 Å². The lowest BCUT2D eigenvalue weighted by molar-refractivity contribution is -0.384. The third kappa shape index (κ3) is 3.11. The Kier molecular flexibility index (Phi) is 3.90. The first-order valence-electron chi connectivity index (χ1n) is 6.53. The molecule has 8 heteroatoms. The van der Waals surface area contributed by atoms with Gasteiger partial charge in [0.25, 0.3) is 5.69 Å². The Morgan fingerprint density at radius 1 is 1.35 bits per heavy atom. The summed E-state index contributed by atoms with van der Waals surface area (Å²) in [6.07, 6.45) is 1.36. The molecule has 1 aromatic heterocycles. The number of aromatic hydroxyl groups is 1. The van der Waals surface area contributed by atoms with E-state index >= 15 is 0 Å². The van der Waals surface area contributed by atoms with Gasteiger partial charge in [-0.25, -0.2) is 9.98 Å². The number of hydrogen-bond acceptors (Lipinski definition) is 7. The number of methoxy groups -OCH3 is 1. The molecule has 0 aliphatic carbocycles. The fourth-order valence-corrected chi connectivity index (χ4v) is 2.80. The van der Waals surface area contributed by atoms with Crippen molar-refractivity contribution in [2.24, 2.45) is 4.99 Å². The maximum absolute atomic E-state index is 10.8. The Morgan fingerprint density at radius 2 is 2.17 bits per heavy atom. The Labute approximate surface area is 134 Å². The van der Waals surface area contributed by atoms with E-state index in [1.165, 1.54) is 35.8 Å². The number of nitro benzene ring substituents is 1. The summed E-state index contributed by atoms with van der Waals surface area (Å²) in [5.41, 5.74) is 0.931. The summed E-state index contributed by atoms with van der Waals surface area (Å²) in [7, 11) is 1.59. The van der Waals surface area contributed by atoms with E-state index in [2.05, 4.69) is 9.98 Å². The number of rotatable bonds is 4. The average Bonchev–Trinajstić information content (AvgIpc) is 2.95. The second-order valence-corrected chi connectivity index (χ2v) is 5.60. The topological polar surface area (TPSA) is 97.9 Å². The van der Waals surface area contributed by atoms with E-state index in [1.54, 1.807) is 7.11 Å². The Hall–Kier alpha value is -3.00. The van der Waals surface area contributed by atoms with Gasteiger partial charge in [-0.15, -0.1) is 0 Å². The number of non-ortho nitro benzene ring substituents is 1. The van der Waals surface area contributed by atoms with Crippen LogP contribution < -0.4 is 4.74 Å². The molecule has 0 atom stereocenters. The van der Waals surface area contributed by atoms with Crippen molar-refractivity contribution < 1.29 is 14.8 Å². The summed E-state index contributed by atoms with van der Waals surface area (Å²) in [5.74, 6) is 0.648. The summed E-state index contributed by atoms with van der Waals surface area (Å²) in [5, 5.41) is 21.0. The average molecular weight is 329 g/mol. The SMILES string of the molecule is COc1ccc2nc(N=Cc3cc([N+](=O)[O-])ccc3O)sc2c1. The van der Waals surface area contributed by atoms with Gasteiger partial charge in [0.2, 0.25) is 5.13 Å². The third-order valence-corrected chi connectivity index (χ3v) is 4.05. The van der Waals surface area contributed by atoms with E-state index in [9.17, 15) is 15.2 Å². The van der Waals surface area contributed by atoms with Crippen LogP contribution in [0.4, 0.5) is 10.8 Å². The van der Waals surface area contributed by atoms with Crippen LogP contribution >= 0.6 is 11.3 Å². The van der Waals surface area contributed by atoms with Gasteiger partial charge in [-0.1, -0.05) is 11.3 Å². The minimum atomic E-state index is -0.527. The minimum Gasteiger partial charge on any atom is -0.507 e. The number of ether oxygens (including phenoxy) is 1. The molecule has 0 unspecified atom stereocenters. The summed E-state index contributed by atoms with van der Waals surface area (Å²) >= 11 is 1.36. The molecule has 0 amide bonds. The van der Waals surface area contributed by atoms with Crippen molar-refractivity contribution in [3.63, 3.8) is 0 Å². The number of phenols is 1. The molecule has 23 heavy (non-hydrogen) atoms. The number of aromatic nitrogens is 1. The van der Waals surface area contributed by atoms with Gasteiger partial charge in [-0.05, 0) is 24.3 Å². The molecule has 116 valence electrons. The molecule has 0 spiro atoms. The van der Waals surface area contributed by atoms with Gasteiger partial charge in [0.15, 0.2) is 0 Å². The van der Waals surface area contributed by atoms with Crippen LogP contribution in [0.1, 0.15) is 5.56 Å². The van der Waals surface area contributed by atoms with Crippen LogP contribution in [0.15, 0.2) is 41.4 Å². The minimum absolute atomic E-state index is 0.0814. The van der Waals surface area contributed by atoms with Crippen LogP contribution in [0, 0.1) is 10.1 Å². The monoisotopic (exact) mass is 329 g/mol. The number of hydrogen-bond donors (Lipinski definition) is 1. The highest BCUT2D eigenvalue weighted by atomic mass is 32.1. The first-order chi connectivity index (χ1) is 11.1. The molecule has 0 radical (unpaired) electrons. The summed E-state index contributed by atoms with van der Waals surface area (Å²) in [4.78, 5) is 18.8. The van der Waals surface area contributed by atoms with E-state index in [1.807, 2.05) is 18.2 Å². The number of nitro groups is 1. The quantitative estimate of drug-likeness (QED) is 0.447. The summed E-state index contributed by atoms with van der Waals surface area (Å²) in [6, 6.07) is 9.25. The van der Waals surface area contributed by atoms with E-state index in [4.69, 9.17) is 4.74 Å². The lowest BCUT2D eigenvalue weighted by atomic mass is 10.2. The molecular weight excluding hydrogens is 318 g/mol. The number of nitrogens with zero attached hydrogens (tertiary/aromatic N) is 3. The molecular formula is C15H11N3O4S. The van der Waals surface area contributed by atoms with Gasteiger partial charge in [0, 0.05) is 23.9 Å². The molecule has 0 bridgehead atoms. The zero-order valence-electron chi connectivity index (χ0n) is 12.0. The fraction of sp³-hybridized carbons (Fsp3) is 0.0667. The molecule has 2 aromatic carbocycles. The van der Waals surface area contributed by atoms with Gasteiger partial charge in [-0.3, -0.25) is 10.1 Å². The van der Waals surface area contributed by atoms with Crippen molar-refractivity contribution >= 4 is 38.6 Å². The second-order valence-electron chi connectivity index (χ2n) is 4.59. The van der Waals surface area contributed by atoms with Crippen molar-refractivity contribution in [1.29, 1.82) is 0 Å². The molecule has 0 saturated heterocycles. The van der Waals surface area contributed by atoms with Gasteiger partial charge < -0.3 is 9.84 Å². The maximum Gasteiger partial charge on any atom is 0.270 e. The highest BCUT2D eigenvalue weighted by Crippen LogP contribution is 2.31. The van der Waals surface area contributed by atoms with E-state index < -0.39 is 4.92 Å². The molecule has 3 aromatic rings. The van der Waals surface area contributed by atoms with Crippen molar-refractivity contribution in [3.05, 3.63) is 52.1 Å². The molecule has 0 aliphatic rings. The van der Waals surface area contributed by atoms with E-state index in [0.717, 1.165) is 16.0 Å². The standard InChI is InChI=1S/C15H11N3O4S/c1-22-11-3-4-12-14(7-11)23-15(17-12)16-8-9-6-10(18(20)21)2-5-13(9)19/h2-8,19H,1H3. The van der Waals surface area contributed by atoms with Crippen LogP contribution in [0.5, 0.6) is 11.5 Å². The van der Waals surface area contributed by atoms with Gasteiger partial charge in [0.05, 0.1) is 22.2 Å². The van der Waals surface area contributed by atoms with Crippen LogP contribution in [0.3, 0.4) is 0 Å². The highest BCUT2D eigenvalue weighted by molar-refractivity contribution is 7.22. The zero-order valence-corrected chi connectivity index (χ0v) is 12.8. The Balaban J connectivity index is 1.93. The van der Waals surface area contributed by atoms with Gasteiger partial charge >= 0.3 is 0 Å². The summed E-state index contributed by atoms with van der Waals surface area (Å²) in [6.45, 7) is 0. The summed E-state index contributed by atoms with van der Waals surface area (Å²) < 4.78 is 6.07. The van der Waals surface area contributed by atoms with Crippen LogP contribution in [-0.4, -0.2) is 28.3 Å². The third-order valence-electron chi connectivity index (χ3n) is 3.12. The fourth-order valence-electron chi connectivity index (χ4n) is 1.96. The Morgan fingerprint density at radius 3 is 2.91 bits per heavy atom. The van der Waals surface area contributed by atoms with Crippen molar-refractivity contribution in [1.82, 2.24) is 4.98 Å². The predicted molar refractivity (Wildman–Crippen MR) is 88.2 cm³/mol. The Bertz CT molecular complexity index is 920. The van der Waals surface area contributed by atoms with Crippen molar-refractivity contribution in [2.45, 2.75) is 0 Å². The molecule has 0 saturated carbocycles.